The number of hydrogen-bond donors (Lipinski definition) is 3. The van der Waals surface area contributed by atoms with Crippen LogP contribution in [0.15, 0.2) is 113 Å². The summed E-state index contributed by atoms with van der Waals surface area (Å²) in [6.45, 7) is 0.106. The third-order valence-corrected chi connectivity index (χ3v) is 9.48. The number of aliphatic hydroxyl groups is 1. The van der Waals surface area contributed by atoms with Crippen LogP contribution in [0.25, 0.3) is 0 Å². The average molecular weight is 606 g/mol. The van der Waals surface area contributed by atoms with Gasteiger partial charge in [-0.3, -0.25) is 0 Å². The van der Waals surface area contributed by atoms with Crippen LogP contribution >= 0.6 is 11.8 Å². The second-order valence-electron chi connectivity index (χ2n) is 9.87. The Balaban J connectivity index is 1.28. The van der Waals surface area contributed by atoms with Crippen molar-refractivity contribution in [1.82, 2.24) is 4.72 Å². The van der Waals surface area contributed by atoms with Crippen LogP contribution in [0.2, 0.25) is 0 Å². The quantitative estimate of drug-likeness (QED) is 0.186. The van der Waals surface area contributed by atoms with Gasteiger partial charge in [0.15, 0.2) is 6.29 Å². The van der Waals surface area contributed by atoms with Gasteiger partial charge in [-0.1, -0.05) is 66.7 Å². The Morgan fingerprint density at radius 3 is 2.12 bits per heavy atom. The standard InChI is InChI=1S/C32H31NO7S2/c34-20-23-8-10-24(11-9-23)30-18-27(21-41-28-16-14-25(15-17-28)31(35)36)39-32(40-30)26-12-6-22(7-13-26)19-33-42(37,38)29-4-2-1-3-5-29/h1-17,27,30,32-34H,18-21H2,(H,35,36). The summed E-state index contributed by atoms with van der Waals surface area (Å²) in [5.41, 5.74) is 3.64. The summed E-state index contributed by atoms with van der Waals surface area (Å²) in [4.78, 5) is 12.3. The molecule has 0 aliphatic carbocycles. The Labute approximate surface area is 249 Å². The summed E-state index contributed by atoms with van der Waals surface area (Å²) in [5, 5.41) is 18.6. The number of thioether (sulfide) groups is 1. The lowest BCUT2D eigenvalue weighted by Gasteiger charge is -2.36. The summed E-state index contributed by atoms with van der Waals surface area (Å²) < 4.78 is 40.6. The van der Waals surface area contributed by atoms with Gasteiger partial charge < -0.3 is 19.7 Å². The van der Waals surface area contributed by atoms with Crippen molar-refractivity contribution in [3.8, 4) is 0 Å². The molecule has 0 bridgehead atoms. The minimum atomic E-state index is -3.62. The molecule has 0 amide bonds. The number of benzene rings is 4. The number of aliphatic hydroxyl groups excluding tert-OH is 1. The Hall–Kier alpha value is -3.51. The molecule has 4 aromatic carbocycles. The minimum absolute atomic E-state index is 0.0364. The van der Waals surface area contributed by atoms with Crippen molar-refractivity contribution in [3.05, 3.63) is 131 Å². The normalized spacial score (nSPS) is 18.9. The third-order valence-electron chi connectivity index (χ3n) is 6.92. The van der Waals surface area contributed by atoms with Crippen molar-refractivity contribution in [2.75, 3.05) is 5.75 Å². The highest BCUT2D eigenvalue weighted by Crippen LogP contribution is 2.39. The first-order valence-corrected chi connectivity index (χ1v) is 15.9. The van der Waals surface area contributed by atoms with Gasteiger partial charge in [-0.2, -0.15) is 0 Å². The minimum Gasteiger partial charge on any atom is -0.478 e. The topological polar surface area (TPSA) is 122 Å². The van der Waals surface area contributed by atoms with E-state index in [1.165, 1.54) is 0 Å². The van der Waals surface area contributed by atoms with Gasteiger partial charge in [0.1, 0.15) is 0 Å². The fourth-order valence-electron chi connectivity index (χ4n) is 4.56. The molecule has 0 radical (unpaired) electrons. The van der Waals surface area contributed by atoms with E-state index in [4.69, 9.17) is 14.6 Å². The maximum atomic E-state index is 12.6. The van der Waals surface area contributed by atoms with Gasteiger partial charge in [-0.05, 0) is 53.1 Å². The van der Waals surface area contributed by atoms with Crippen LogP contribution in [0.5, 0.6) is 0 Å². The lowest BCUT2D eigenvalue weighted by atomic mass is 10.0. The number of hydrogen-bond acceptors (Lipinski definition) is 7. The van der Waals surface area contributed by atoms with Gasteiger partial charge in [0.05, 0.1) is 29.3 Å². The van der Waals surface area contributed by atoms with E-state index in [0.29, 0.717) is 12.2 Å². The zero-order valence-corrected chi connectivity index (χ0v) is 24.3. The van der Waals surface area contributed by atoms with Crippen molar-refractivity contribution in [1.29, 1.82) is 0 Å². The van der Waals surface area contributed by atoms with Crippen LogP contribution in [0.3, 0.4) is 0 Å². The smallest absolute Gasteiger partial charge is 0.335 e. The van der Waals surface area contributed by atoms with Crippen LogP contribution < -0.4 is 4.72 Å². The largest absolute Gasteiger partial charge is 0.478 e. The lowest BCUT2D eigenvalue weighted by molar-refractivity contribution is -0.245. The number of nitrogens with one attached hydrogen (secondary N) is 1. The Kier molecular flexibility index (Phi) is 9.73. The van der Waals surface area contributed by atoms with E-state index in [0.717, 1.165) is 27.1 Å². The number of carboxylic acid groups (broad SMARTS) is 1. The Morgan fingerprint density at radius 1 is 0.833 bits per heavy atom. The molecule has 5 rings (SSSR count). The predicted molar refractivity (Wildman–Crippen MR) is 159 cm³/mol. The van der Waals surface area contributed by atoms with Gasteiger partial charge in [-0.25, -0.2) is 17.9 Å². The average Bonchev–Trinajstić information content (AvgIpc) is 3.03. The van der Waals surface area contributed by atoms with Gasteiger partial charge >= 0.3 is 5.97 Å². The first kappa shape index (κ1) is 30.0. The molecule has 1 saturated heterocycles. The molecule has 0 aromatic heterocycles. The number of carbonyl (C=O) groups is 1. The first-order chi connectivity index (χ1) is 20.3. The number of ether oxygens (including phenoxy) is 2. The molecular weight excluding hydrogens is 574 g/mol. The first-order valence-electron chi connectivity index (χ1n) is 13.4. The highest BCUT2D eigenvalue weighted by molar-refractivity contribution is 7.99. The van der Waals surface area contributed by atoms with E-state index in [9.17, 15) is 18.3 Å². The van der Waals surface area contributed by atoms with Crippen molar-refractivity contribution in [3.63, 3.8) is 0 Å². The number of carboxylic acids is 1. The predicted octanol–water partition coefficient (Wildman–Crippen LogP) is 5.69. The lowest BCUT2D eigenvalue weighted by Crippen LogP contribution is -2.31. The second-order valence-corrected chi connectivity index (χ2v) is 12.7. The van der Waals surface area contributed by atoms with Gasteiger partial charge in [0.25, 0.3) is 0 Å². The molecular formula is C32H31NO7S2. The molecule has 1 aliphatic rings. The SMILES string of the molecule is O=C(O)c1ccc(SCC2CC(c3ccc(CO)cc3)OC(c3ccc(CNS(=O)(=O)c4ccccc4)cc3)O2)cc1. The zero-order valence-electron chi connectivity index (χ0n) is 22.6. The molecule has 0 spiro atoms. The fraction of sp³-hybridized carbons (Fsp3) is 0.219. The van der Waals surface area contributed by atoms with E-state index in [-0.39, 0.29) is 35.8 Å². The van der Waals surface area contributed by atoms with Gasteiger partial charge in [0.2, 0.25) is 10.0 Å². The number of aromatic carboxylic acids is 1. The van der Waals surface area contributed by atoms with E-state index >= 15 is 0 Å². The Morgan fingerprint density at radius 2 is 1.48 bits per heavy atom. The molecule has 3 atom stereocenters. The molecule has 1 aliphatic heterocycles. The molecule has 3 N–H and O–H groups in total. The van der Waals surface area contributed by atoms with E-state index in [1.54, 1.807) is 66.4 Å². The van der Waals surface area contributed by atoms with Crippen LogP contribution in [0, 0.1) is 0 Å². The highest BCUT2D eigenvalue weighted by Gasteiger charge is 2.32. The number of rotatable bonds is 11. The molecule has 10 heteroatoms. The van der Waals surface area contributed by atoms with Crippen molar-refractivity contribution in [2.24, 2.45) is 0 Å². The second kappa shape index (κ2) is 13.6. The maximum absolute atomic E-state index is 12.6. The summed E-state index contributed by atoms with van der Waals surface area (Å²) in [5.74, 6) is -0.326. The molecule has 218 valence electrons. The molecule has 1 fully saturated rings. The molecule has 42 heavy (non-hydrogen) atoms. The van der Waals surface area contributed by atoms with Crippen molar-refractivity contribution >= 4 is 27.8 Å². The van der Waals surface area contributed by atoms with Gasteiger partial charge in [0, 0.05) is 29.2 Å². The monoisotopic (exact) mass is 605 g/mol. The Bertz CT molecular complexity index is 1580. The van der Waals surface area contributed by atoms with Crippen LogP contribution in [0.1, 0.15) is 51.4 Å². The summed E-state index contributed by atoms with van der Waals surface area (Å²) >= 11 is 1.59. The molecule has 1 heterocycles. The zero-order chi connectivity index (χ0) is 29.5. The fourth-order valence-corrected chi connectivity index (χ4v) is 6.52. The highest BCUT2D eigenvalue weighted by atomic mass is 32.2. The number of sulfonamides is 1. The van der Waals surface area contributed by atoms with E-state index in [2.05, 4.69) is 4.72 Å². The molecule has 3 unspecified atom stereocenters. The van der Waals surface area contributed by atoms with E-state index in [1.807, 2.05) is 48.5 Å². The van der Waals surface area contributed by atoms with Crippen LogP contribution in [0.4, 0.5) is 0 Å². The maximum Gasteiger partial charge on any atom is 0.335 e. The molecule has 0 saturated carbocycles. The molecule has 4 aromatic rings. The van der Waals surface area contributed by atoms with Crippen LogP contribution in [-0.4, -0.2) is 36.5 Å². The third kappa shape index (κ3) is 7.65. The van der Waals surface area contributed by atoms with Crippen molar-refractivity contribution < 1.29 is 32.9 Å². The van der Waals surface area contributed by atoms with Crippen LogP contribution in [-0.2, 0) is 32.6 Å². The van der Waals surface area contributed by atoms with Crippen molar-refractivity contribution in [2.45, 2.75) is 47.9 Å². The summed E-state index contributed by atoms with van der Waals surface area (Å²) in [6.07, 6.45) is -0.424. The van der Waals surface area contributed by atoms with Gasteiger partial charge in [-0.15, -0.1) is 11.8 Å². The summed E-state index contributed by atoms with van der Waals surface area (Å²) in [7, 11) is -3.62. The molecule has 8 nitrogen and oxygen atoms in total. The van der Waals surface area contributed by atoms with E-state index < -0.39 is 22.3 Å². The summed E-state index contributed by atoms with van der Waals surface area (Å²) in [6, 6.07) is 30.1.